The van der Waals surface area contributed by atoms with Gasteiger partial charge in [0, 0.05) is 0 Å². The van der Waals surface area contributed by atoms with Gasteiger partial charge in [-0.3, -0.25) is 0 Å². The first-order valence-electron chi connectivity index (χ1n) is 3.81. The second-order valence-corrected chi connectivity index (χ2v) is 2.71. The van der Waals surface area contributed by atoms with Crippen LogP contribution in [-0.4, -0.2) is 27.1 Å². The molecule has 0 bridgehead atoms. The summed E-state index contributed by atoms with van der Waals surface area (Å²) in [5.41, 5.74) is 0. The summed E-state index contributed by atoms with van der Waals surface area (Å²) in [6.07, 6.45) is 2.71. The first-order chi connectivity index (χ1) is 6.09. The number of ether oxygens (including phenoxy) is 1. The van der Waals surface area contributed by atoms with E-state index in [1.54, 1.807) is 0 Å². The fourth-order valence-electron chi connectivity index (χ4n) is 0.760. The quantitative estimate of drug-likeness (QED) is 0.753. The molecule has 70 valence electrons. The summed E-state index contributed by atoms with van der Waals surface area (Å²) >= 11 is 0. The van der Waals surface area contributed by atoms with Crippen LogP contribution in [0.25, 0.3) is 0 Å². The van der Waals surface area contributed by atoms with E-state index in [1.165, 1.54) is 12.4 Å². The highest BCUT2D eigenvalue weighted by Gasteiger charge is 2.06. The number of hydrogen-bond donors (Lipinski definition) is 1. The molecule has 0 saturated carbocycles. The van der Waals surface area contributed by atoms with E-state index in [0.717, 1.165) is 0 Å². The fourth-order valence-corrected chi connectivity index (χ4v) is 0.760. The molecule has 13 heavy (non-hydrogen) atoms. The molecule has 0 aliphatic heterocycles. The Morgan fingerprint density at radius 3 is 2.38 bits per heavy atom. The molecule has 0 spiro atoms. The number of aromatic carboxylic acids is 1. The Bertz CT molecular complexity index is 295. The van der Waals surface area contributed by atoms with E-state index in [9.17, 15) is 4.79 Å². The number of hydrogen-bond acceptors (Lipinski definition) is 4. The lowest BCUT2D eigenvalue weighted by Gasteiger charge is -2.07. The standard InChI is InChI=1S/C8H10N2O3/c1-5(2)13-6-3-9-7(8(11)12)10-4-6/h3-5H,1-2H3,(H,11,12). The lowest BCUT2D eigenvalue weighted by atomic mass is 10.4. The van der Waals surface area contributed by atoms with Crippen molar-refractivity contribution in [3.05, 3.63) is 18.2 Å². The second kappa shape index (κ2) is 3.84. The summed E-state index contributed by atoms with van der Waals surface area (Å²) < 4.78 is 5.23. The number of rotatable bonds is 3. The molecule has 0 aliphatic rings. The monoisotopic (exact) mass is 182 g/mol. The van der Waals surface area contributed by atoms with Crippen molar-refractivity contribution in [1.82, 2.24) is 9.97 Å². The smallest absolute Gasteiger partial charge is 0.373 e. The van der Waals surface area contributed by atoms with Crippen LogP contribution in [0, 0.1) is 0 Å². The van der Waals surface area contributed by atoms with Gasteiger partial charge in [-0.05, 0) is 13.8 Å². The zero-order valence-corrected chi connectivity index (χ0v) is 7.39. The Hall–Kier alpha value is -1.65. The summed E-state index contributed by atoms with van der Waals surface area (Å²) in [4.78, 5) is 17.6. The molecule has 0 radical (unpaired) electrons. The largest absolute Gasteiger partial charge is 0.488 e. The van der Waals surface area contributed by atoms with Crippen LogP contribution in [0.3, 0.4) is 0 Å². The second-order valence-electron chi connectivity index (χ2n) is 2.71. The van der Waals surface area contributed by atoms with E-state index < -0.39 is 5.97 Å². The average Bonchev–Trinajstić information content (AvgIpc) is 2.04. The van der Waals surface area contributed by atoms with Crippen LogP contribution < -0.4 is 4.74 Å². The van der Waals surface area contributed by atoms with Crippen molar-refractivity contribution < 1.29 is 14.6 Å². The van der Waals surface area contributed by atoms with Crippen LogP contribution in [0.15, 0.2) is 12.4 Å². The molecular formula is C8H10N2O3. The van der Waals surface area contributed by atoms with Crippen LogP contribution in [0.5, 0.6) is 5.75 Å². The molecule has 5 nitrogen and oxygen atoms in total. The Morgan fingerprint density at radius 1 is 1.46 bits per heavy atom. The molecule has 0 atom stereocenters. The van der Waals surface area contributed by atoms with Crippen molar-refractivity contribution in [2.24, 2.45) is 0 Å². The number of nitrogens with zero attached hydrogens (tertiary/aromatic N) is 2. The highest BCUT2D eigenvalue weighted by molar-refractivity contribution is 5.82. The summed E-state index contributed by atoms with van der Waals surface area (Å²) in [5.74, 6) is -0.896. The molecule has 0 saturated heterocycles. The molecule has 0 unspecified atom stereocenters. The zero-order valence-electron chi connectivity index (χ0n) is 7.39. The van der Waals surface area contributed by atoms with Crippen molar-refractivity contribution in [1.29, 1.82) is 0 Å². The summed E-state index contributed by atoms with van der Waals surface area (Å²) in [5, 5.41) is 8.49. The van der Waals surface area contributed by atoms with Crippen molar-refractivity contribution >= 4 is 5.97 Å². The maximum atomic E-state index is 10.4. The minimum absolute atomic E-state index is 0.0271. The number of carbonyl (C=O) groups is 1. The van der Waals surface area contributed by atoms with Gasteiger partial charge in [0.15, 0.2) is 5.75 Å². The van der Waals surface area contributed by atoms with Crippen molar-refractivity contribution in [2.75, 3.05) is 0 Å². The predicted molar refractivity (Wildman–Crippen MR) is 44.8 cm³/mol. The van der Waals surface area contributed by atoms with E-state index in [2.05, 4.69) is 9.97 Å². The molecule has 1 aromatic heterocycles. The first kappa shape index (κ1) is 9.44. The third-order valence-electron chi connectivity index (χ3n) is 1.19. The van der Waals surface area contributed by atoms with E-state index in [1.807, 2.05) is 13.8 Å². The van der Waals surface area contributed by atoms with Crippen molar-refractivity contribution in [3.8, 4) is 5.75 Å². The maximum absolute atomic E-state index is 10.4. The molecule has 1 rings (SSSR count). The molecule has 1 heterocycles. The fraction of sp³-hybridized carbons (Fsp3) is 0.375. The highest BCUT2D eigenvalue weighted by atomic mass is 16.5. The van der Waals surface area contributed by atoms with E-state index >= 15 is 0 Å². The summed E-state index contributed by atoms with van der Waals surface area (Å²) in [7, 11) is 0. The van der Waals surface area contributed by atoms with Crippen LogP contribution in [-0.2, 0) is 0 Å². The van der Waals surface area contributed by atoms with Gasteiger partial charge in [0.25, 0.3) is 0 Å². The van der Waals surface area contributed by atoms with E-state index in [-0.39, 0.29) is 11.9 Å². The van der Waals surface area contributed by atoms with Gasteiger partial charge in [-0.25, -0.2) is 14.8 Å². The third kappa shape index (κ3) is 2.70. The molecule has 0 amide bonds. The Labute approximate surface area is 75.4 Å². The van der Waals surface area contributed by atoms with E-state index in [4.69, 9.17) is 9.84 Å². The minimum atomic E-state index is -1.14. The summed E-state index contributed by atoms with van der Waals surface area (Å²) in [6.45, 7) is 3.73. The van der Waals surface area contributed by atoms with Crippen LogP contribution in [0.2, 0.25) is 0 Å². The van der Waals surface area contributed by atoms with Gasteiger partial charge in [-0.2, -0.15) is 0 Å². The lowest BCUT2D eigenvalue weighted by molar-refractivity contribution is 0.0683. The Morgan fingerprint density at radius 2 is 2.00 bits per heavy atom. The van der Waals surface area contributed by atoms with Gasteiger partial charge in [0.05, 0.1) is 18.5 Å². The molecular weight excluding hydrogens is 172 g/mol. The summed E-state index contributed by atoms with van der Waals surface area (Å²) in [6, 6.07) is 0. The van der Waals surface area contributed by atoms with Gasteiger partial charge in [0.1, 0.15) is 0 Å². The molecule has 1 aromatic rings. The first-order valence-corrected chi connectivity index (χ1v) is 3.81. The van der Waals surface area contributed by atoms with Crippen LogP contribution in [0.4, 0.5) is 0 Å². The maximum Gasteiger partial charge on any atom is 0.373 e. The molecule has 0 aromatic carbocycles. The van der Waals surface area contributed by atoms with Gasteiger partial charge < -0.3 is 9.84 Å². The van der Waals surface area contributed by atoms with Crippen molar-refractivity contribution in [3.63, 3.8) is 0 Å². The number of carboxylic acid groups (broad SMARTS) is 1. The number of aromatic nitrogens is 2. The molecule has 5 heteroatoms. The highest BCUT2D eigenvalue weighted by Crippen LogP contribution is 2.08. The molecule has 1 N–H and O–H groups in total. The normalized spacial score (nSPS) is 10.1. The van der Waals surface area contributed by atoms with Crippen LogP contribution in [0.1, 0.15) is 24.5 Å². The molecule has 0 aliphatic carbocycles. The third-order valence-corrected chi connectivity index (χ3v) is 1.19. The molecule has 0 fully saturated rings. The van der Waals surface area contributed by atoms with Crippen LogP contribution >= 0.6 is 0 Å². The van der Waals surface area contributed by atoms with Gasteiger partial charge in [-0.15, -0.1) is 0 Å². The average molecular weight is 182 g/mol. The Balaban J connectivity index is 2.75. The predicted octanol–water partition coefficient (Wildman–Crippen LogP) is 0.962. The lowest BCUT2D eigenvalue weighted by Crippen LogP contribution is -2.08. The Kier molecular flexibility index (Phi) is 2.79. The van der Waals surface area contributed by atoms with Gasteiger partial charge in [-0.1, -0.05) is 0 Å². The topological polar surface area (TPSA) is 72.3 Å². The van der Waals surface area contributed by atoms with Gasteiger partial charge in [0.2, 0.25) is 5.82 Å². The zero-order chi connectivity index (χ0) is 9.84. The van der Waals surface area contributed by atoms with Crippen molar-refractivity contribution in [2.45, 2.75) is 20.0 Å². The minimum Gasteiger partial charge on any atom is -0.488 e. The van der Waals surface area contributed by atoms with E-state index in [0.29, 0.717) is 5.75 Å². The van der Waals surface area contributed by atoms with Gasteiger partial charge >= 0.3 is 5.97 Å². The SMILES string of the molecule is CC(C)Oc1cnc(C(=O)O)nc1. The number of carboxylic acids is 1.